The maximum Gasteiger partial charge on any atom is 0.160 e. The van der Waals surface area contributed by atoms with Gasteiger partial charge in [0, 0.05) is 17.8 Å². The molecule has 0 unspecified atom stereocenters. The predicted octanol–water partition coefficient (Wildman–Crippen LogP) is 5.05. The molecular formula is C27H31N3O2. The normalized spacial score (nSPS) is 14.2. The third-order valence-corrected chi connectivity index (χ3v) is 6.02. The fourth-order valence-electron chi connectivity index (χ4n) is 3.96. The van der Waals surface area contributed by atoms with Crippen LogP contribution in [0.2, 0.25) is 0 Å². The summed E-state index contributed by atoms with van der Waals surface area (Å²) in [6.45, 7) is 6.69. The minimum atomic E-state index is 0.679. The van der Waals surface area contributed by atoms with Gasteiger partial charge in [-0.25, -0.2) is 0 Å². The highest BCUT2D eigenvalue weighted by molar-refractivity contribution is 6.10. The van der Waals surface area contributed by atoms with Crippen LogP contribution in [0.4, 0.5) is 5.69 Å². The Kier molecular flexibility index (Phi) is 6.76. The van der Waals surface area contributed by atoms with Gasteiger partial charge in [0.2, 0.25) is 0 Å². The van der Waals surface area contributed by atoms with E-state index in [0.29, 0.717) is 6.67 Å². The Morgan fingerprint density at radius 3 is 2.34 bits per heavy atom. The summed E-state index contributed by atoms with van der Waals surface area (Å²) >= 11 is 0. The van der Waals surface area contributed by atoms with E-state index in [2.05, 4.69) is 78.2 Å². The number of anilines is 1. The highest BCUT2D eigenvalue weighted by Crippen LogP contribution is 2.28. The lowest BCUT2D eigenvalue weighted by Crippen LogP contribution is -2.47. The number of nitrogens with zero attached hydrogens (tertiary/aromatic N) is 3. The molecule has 3 aromatic carbocycles. The summed E-state index contributed by atoms with van der Waals surface area (Å²) in [6, 6.07) is 23.2. The van der Waals surface area contributed by atoms with Gasteiger partial charge in [-0.15, -0.1) is 0 Å². The molecule has 4 rings (SSSR count). The Morgan fingerprint density at radius 2 is 1.62 bits per heavy atom. The fourth-order valence-corrected chi connectivity index (χ4v) is 3.96. The Bertz CT molecular complexity index is 1100. The predicted molar refractivity (Wildman–Crippen MR) is 131 cm³/mol. The monoisotopic (exact) mass is 429 g/mol. The lowest BCUT2D eigenvalue weighted by atomic mass is 10.1. The minimum Gasteiger partial charge on any atom is -0.493 e. The number of amidine groups is 1. The van der Waals surface area contributed by atoms with Crippen LogP contribution in [-0.2, 0) is 6.42 Å². The van der Waals surface area contributed by atoms with E-state index in [4.69, 9.17) is 14.5 Å². The van der Waals surface area contributed by atoms with Gasteiger partial charge in [0.05, 0.1) is 27.6 Å². The van der Waals surface area contributed by atoms with Crippen LogP contribution in [0, 0.1) is 13.8 Å². The molecule has 1 heterocycles. The summed E-state index contributed by atoms with van der Waals surface area (Å²) in [5.41, 5.74) is 6.13. The van der Waals surface area contributed by atoms with Crippen molar-refractivity contribution in [3.63, 3.8) is 0 Å². The number of rotatable bonds is 7. The van der Waals surface area contributed by atoms with Crippen molar-refractivity contribution in [3.05, 3.63) is 89.0 Å². The molecule has 0 saturated heterocycles. The first-order valence-electron chi connectivity index (χ1n) is 11.0. The summed E-state index contributed by atoms with van der Waals surface area (Å²) in [5.74, 6) is 2.55. The van der Waals surface area contributed by atoms with E-state index < -0.39 is 0 Å². The molecule has 0 amide bonds. The zero-order chi connectivity index (χ0) is 22.5. The van der Waals surface area contributed by atoms with Crippen molar-refractivity contribution in [2.45, 2.75) is 20.3 Å². The van der Waals surface area contributed by atoms with E-state index in [1.165, 1.54) is 22.4 Å². The van der Waals surface area contributed by atoms with Gasteiger partial charge in [-0.3, -0.25) is 9.89 Å². The molecule has 0 spiro atoms. The summed E-state index contributed by atoms with van der Waals surface area (Å²) in [6.07, 6.45) is 0.914. The van der Waals surface area contributed by atoms with Gasteiger partial charge in [0.15, 0.2) is 11.5 Å². The van der Waals surface area contributed by atoms with Gasteiger partial charge in [-0.05, 0) is 61.2 Å². The van der Waals surface area contributed by atoms with Crippen molar-refractivity contribution in [1.29, 1.82) is 0 Å². The van der Waals surface area contributed by atoms with Crippen molar-refractivity contribution in [3.8, 4) is 11.5 Å². The van der Waals surface area contributed by atoms with E-state index in [-0.39, 0.29) is 0 Å². The second-order valence-electron chi connectivity index (χ2n) is 8.16. The van der Waals surface area contributed by atoms with E-state index in [1.54, 1.807) is 14.2 Å². The van der Waals surface area contributed by atoms with E-state index in [0.717, 1.165) is 42.5 Å². The van der Waals surface area contributed by atoms with Crippen LogP contribution < -0.4 is 14.4 Å². The molecule has 0 aromatic heterocycles. The van der Waals surface area contributed by atoms with Gasteiger partial charge in [0.1, 0.15) is 5.84 Å². The van der Waals surface area contributed by atoms with Gasteiger partial charge >= 0.3 is 0 Å². The number of benzene rings is 3. The minimum absolute atomic E-state index is 0.679. The molecule has 0 aliphatic carbocycles. The molecule has 5 nitrogen and oxygen atoms in total. The second kappa shape index (κ2) is 9.88. The lowest BCUT2D eigenvalue weighted by Gasteiger charge is -2.36. The molecular weight excluding hydrogens is 398 g/mol. The average molecular weight is 430 g/mol. The number of methoxy groups -OCH3 is 2. The summed E-state index contributed by atoms with van der Waals surface area (Å²) in [4.78, 5) is 9.68. The smallest absolute Gasteiger partial charge is 0.160 e. The third-order valence-electron chi connectivity index (χ3n) is 6.02. The first-order chi connectivity index (χ1) is 15.6. The molecule has 1 aliphatic heterocycles. The van der Waals surface area contributed by atoms with Gasteiger partial charge < -0.3 is 14.4 Å². The number of hydrogen-bond acceptors (Lipinski definition) is 5. The maximum atomic E-state index is 5.46. The van der Waals surface area contributed by atoms with Crippen molar-refractivity contribution in [2.75, 3.05) is 39.0 Å². The van der Waals surface area contributed by atoms with E-state index >= 15 is 0 Å². The summed E-state index contributed by atoms with van der Waals surface area (Å²) < 4.78 is 10.8. The van der Waals surface area contributed by atoms with Crippen molar-refractivity contribution in [1.82, 2.24) is 4.90 Å². The molecule has 3 aromatic rings. The molecule has 1 aliphatic rings. The van der Waals surface area contributed by atoms with Gasteiger partial charge in [-0.2, -0.15) is 0 Å². The van der Waals surface area contributed by atoms with Crippen molar-refractivity contribution < 1.29 is 9.47 Å². The highest BCUT2D eigenvalue weighted by atomic mass is 16.5. The van der Waals surface area contributed by atoms with Crippen LogP contribution in [0.25, 0.3) is 0 Å². The molecule has 0 N–H and O–H groups in total. The first kappa shape index (κ1) is 21.9. The largest absolute Gasteiger partial charge is 0.493 e. The van der Waals surface area contributed by atoms with Crippen LogP contribution >= 0.6 is 0 Å². The zero-order valence-electron chi connectivity index (χ0n) is 19.3. The number of ether oxygens (including phenoxy) is 2. The summed E-state index contributed by atoms with van der Waals surface area (Å²) in [5, 5.41) is 0. The van der Waals surface area contributed by atoms with Crippen LogP contribution in [-0.4, -0.2) is 44.8 Å². The lowest BCUT2D eigenvalue weighted by molar-refractivity contribution is 0.284. The molecule has 0 fully saturated rings. The van der Waals surface area contributed by atoms with Crippen molar-refractivity contribution in [2.24, 2.45) is 4.99 Å². The zero-order valence-corrected chi connectivity index (χ0v) is 19.3. The Labute approximate surface area is 190 Å². The quantitative estimate of drug-likeness (QED) is 0.527. The SMILES string of the molecule is COc1ccc(CCN2CN=C(c3ccccc3)N(c3ccc(C)c(C)c3)C2)cc1OC. The van der Waals surface area contributed by atoms with Crippen molar-refractivity contribution >= 4 is 11.5 Å². The van der Waals surface area contributed by atoms with E-state index in [1.807, 2.05) is 12.1 Å². The molecule has 0 bridgehead atoms. The van der Waals surface area contributed by atoms with Crippen LogP contribution in [0.3, 0.4) is 0 Å². The maximum absolute atomic E-state index is 5.46. The first-order valence-corrected chi connectivity index (χ1v) is 11.0. The topological polar surface area (TPSA) is 37.3 Å². The van der Waals surface area contributed by atoms with E-state index in [9.17, 15) is 0 Å². The average Bonchev–Trinajstić information content (AvgIpc) is 2.84. The standard InChI is InChI=1S/C27H31N3O2/c1-20-10-12-24(16-21(20)2)30-19-29(18-28-27(30)23-8-6-5-7-9-23)15-14-22-11-13-25(31-3)26(17-22)32-4/h5-13,16-17H,14-15,18-19H2,1-4H3. The Balaban J connectivity index is 1.55. The Hall–Kier alpha value is -3.31. The second-order valence-corrected chi connectivity index (χ2v) is 8.16. The molecule has 0 radical (unpaired) electrons. The van der Waals surface area contributed by atoms with Gasteiger partial charge in [0.25, 0.3) is 0 Å². The molecule has 166 valence electrons. The van der Waals surface area contributed by atoms with Crippen LogP contribution in [0.1, 0.15) is 22.3 Å². The fraction of sp³-hybridized carbons (Fsp3) is 0.296. The van der Waals surface area contributed by atoms with Crippen LogP contribution in [0.5, 0.6) is 11.5 Å². The summed E-state index contributed by atoms with van der Waals surface area (Å²) in [7, 11) is 3.34. The molecule has 32 heavy (non-hydrogen) atoms. The van der Waals surface area contributed by atoms with Gasteiger partial charge in [-0.1, -0.05) is 42.5 Å². The number of aryl methyl sites for hydroxylation is 2. The number of hydrogen-bond donors (Lipinski definition) is 0. The third kappa shape index (κ3) is 4.78. The molecule has 0 saturated carbocycles. The molecule has 5 heteroatoms. The molecule has 0 atom stereocenters. The number of aliphatic imine (C=N–C) groups is 1. The Morgan fingerprint density at radius 1 is 0.844 bits per heavy atom. The van der Waals surface area contributed by atoms with Crippen LogP contribution in [0.15, 0.2) is 71.7 Å². The highest BCUT2D eigenvalue weighted by Gasteiger charge is 2.23.